The third kappa shape index (κ3) is 7.70. The Kier molecular flexibility index (Phi) is 8.35. The van der Waals surface area contributed by atoms with Gasteiger partial charge in [-0.25, -0.2) is 0 Å². The summed E-state index contributed by atoms with van der Waals surface area (Å²) in [5.74, 6) is -1.27. The van der Waals surface area contributed by atoms with Gasteiger partial charge in [0.15, 0.2) is 0 Å². The normalized spacial score (nSPS) is 14.1. The van der Waals surface area contributed by atoms with Crippen LogP contribution in [0.2, 0.25) is 0 Å². The number of aliphatic hydroxyl groups excluding tert-OH is 1. The van der Waals surface area contributed by atoms with Crippen LogP contribution in [0.4, 0.5) is 0 Å². The molecular weight excluding hydrogens is 224 g/mol. The van der Waals surface area contributed by atoms with Gasteiger partial charge in [0.1, 0.15) is 6.04 Å². The van der Waals surface area contributed by atoms with E-state index in [0.717, 1.165) is 0 Å². The Hall–Kier alpha value is -1.14. The maximum atomic E-state index is 11.4. The summed E-state index contributed by atoms with van der Waals surface area (Å²) < 4.78 is 0. The molecule has 0 aliphatic heterocycles. The first-order valence-electron chi connectivity index (χ1n) is 5.86. The van der Waals surface area contributed by atoms with Gasteiger partial charge in [0, 0.05) is 19.1 Å². The number of hydrogen-bond acceptors (Lipinski definition) is 4. The molecule has 1 amide bonds. The number of carboxylic acid groups (broad SMARTS) is 1. The SMILES string of the molecule is CC(CCO)C(=O)NCCCCC(N)C(=O)O. The van der Waals surface area contributed by atoms with Crippen molar-refractivity contribution in [3.8, 4) is 0 Å². The lowest BCUT2D eigenvalue weighted by molar-refractivity contribution is -0.138. The van der Waals surface area contributed by atoms with Gasteiger partial charge in [-0.05, 0) is 25.7 Å². The zero-order valence-electron chi connectivity index (χ0n) is 10.2. The van der Waals surface area contributed by atoms with Gasteiger partial charge in [0.05, 0.1) is 0 Å². The zero-order valence-corrected chi connectivity index (χ0v) is 10.2. The highest BCUT2D eigenvalue weighted by Crippen LogP contribution is 2.01. The maximum absolute atomic E-state index is 11.4. The molecule has 0 saturated carbocycles. The molecule has 0 saturated heterocycles. The van der Waals surface area contributed by atoms with Gasteiger partial charge >= 0.3 is 5.97 Å². The van der Waals surface area contributed by atoms with Crippen molar-refractivity contribution in [1.29, 1.82) is 0 Å². The largest absolute Gasteiger partial charge is 0.480 e. The molecule has 0 aliphatic rings. The maximum Gasteiger partial charge on any atom is 0.320 e. The number of aliphatic carboxylic acids is 1. The van der Waals surface area contributed by atoms with Crippen LogP contribution in [0, 0.1) is 5.92 Å². The Morgan fingerprint density at radius 2 is 1.94 bits per heavy atom. The van der Waals surface area contributed by atoms with Gasteiger partial charge in [-0.1, -0.05) is 6.92 Å². The molecule has 0 rings (SSSR count). The number of nitrogens with two attached hydrogens (primary N) is 1. The molecule has 6 heteroatoms. The van der Waals surface area contributed by atoms with E-state index in [1.807, 2.05) is 0 Å². The summed E-state index contributed by atoms with van der Waals surface area (Å²) >= 11 is 0. The Morgan fingerprint density at radius 3 is 2.47 bits per heavy atom. The van der Waals surface area contributed by atoms with E-state index in [9.17, 15) is 9.59 Å². The van der Waals surface area contributed by atoms with Crippen molar-refractivity contribution < 1.29 is 19.8 Å². The zero-order chi connectivity index (χ0) is 13.3. The highest BCUT2D eigenvalue weighted by molar-refractivity contribution is 5.78. The van der Waals surface area contributed by atoms with E-state index in [2.05, 4.69) is 5.32 Å². The fourth-order valence-electron chi connectivity index (χ4n) is 1.32. The van der Waals surface area contributed by atoms with E-state index in [4.69, 9.17) is 15.9 Å². The molecule has 5 N–H and O–H groups in total. The summed E-state index contributed by atoms with van der Waals surface area (Å²) in [6, 6.07) is -0.820. The second kappa shape index (κ2) is 8.95. The monoisotopic (exact) mass is 246 g/mol. The molecule has 0 aromatic heterocycles. The average molecular weight is 246 g/mol. The van der Waals surface area contributed by atoms with Crippen LogP contribution in [-0.4, -0.2) is 41.3 Å². The number of unbranched alkanes of at least 4 members (excludes halogenated alkanes) is 1. The summed E-state index contributed by atoms with van der Waals surface area (Å²) in [4.78, 5) is 21.8. The highest BCUT2D eigenvalue weighted by Gasteiger charge is 2.12. The molecule has 6 nitrogen and oxygen atoms in total. The second-order valence-electron chi connectivity index (χ2n) is 4.14. The third-order valence-electron chi connectivity index (χ3n) is 2.57. The summed E-state index contributed by atoms with van der Waals surface area (Å²) in [7, 11) is 0. The van der Waals surface area contributed by atoms with Crippen LogP contribution >= 0.6 is 0 Å². The average Bonchev–Trinajstić information content (AvgIpc) is 2.28. The smallest absolute Gasteiger partial charge is 0.320 e. The number of nitrogens with one attached hydrogen (secondary N) is 1. The lowest BCUT2D eigenvalue weighted by Crippen LogP contribution is -2.32. The molecule has 0 fully saturated rings. The molecule has 100 valence electrons. The molecule has 0 radical (unpaired) electrons. The van der Waals surface area contributed by atoms with Crippen LogP contribution in [0.5, 0.6) is 0 Å². The molecule has 0 bridgehead atoms. The predicted molar refractivity (Wildman–Crippen MR) is 63.3 cm³/mol. The third-order valence-corrected chi connectivity index (χ3v) is 2.57. The van der Waals surface area contributed by atoms with E-state index in [1.54, 1.807) is 6.92 Å². The topological polar surface area (TPSA) is 113 Å². The minimum atomic E-state index is -0.995. The van der Waals surface area contributed by atoms with Crippen molar-refractivity contribution in [2.75, 3.05) is 13.2 Å². The molecular formula is C11H22N2O4. The number of carbonyl (C=O) groups is 2. The molecule has 2 atom stereocenters. The Labute approximate surface area is 101 Å². The molecule has 17 heavy (non-hydrogen) atoms. The molecule has 0 aromatic rings. The van der Waals surface area contributed by atoms with E-state index in [1.165, 1.54) is 0 Å². The standard InChI is InChI=1S/C11H22N2O4/c1-8(5-7-14)10(15)13-6-3-2-4-9(12)11(16)17/h8-9,14H,2-7,12H2,1H3,(H,13,15)(H,16,17). The quantitative estimate of drug-likeness (QED) is 0.417. The van der Waals surface area contributed by atoms with Crippen molar-refractivity contribution in [2.45, 2.75) is 38.6 Å². The van der Waals surface area contributed by atoms with Gasteiger partial charge < -0.3 is 21.3 Å². The van der Waals surface area contributed by atoms with Crippen molar-refractivity contribution in [3.63, 3.8) is 0 Å². The van der Waals surface area contributed by atoms with E-state index in [-0.39, 0.29) is 18.4 Å². The first-order chi connectivity index (χ1) is 7.99. The predicted octanol–water partition coefficient (Wildman–Crippen LogP) is -0.297. The lowest BCUT2D eigenvalue weighted by atomic mass is 10.1. The number of carboxylic acids is 1. The van der Waals surface area contributed by atoms with Gasteiger partial charge in [0.25, 0.3) is 0 Å². The van der Waals surface area contributed by atoms with Crippen molar-refractivity contribution >= 4 is 11.9 Å². The van der Waals surface area contributed by atoms with Crippen LogP contribution in [0.1, 0.15) is 32.6 Å². The Bertz CT molecular complexity index is 246. The van der Waals surface area contributed by atoms with E-state index >= 15 is 0 Å². The number of hydrogen-bond donors (Lipinski definition) is 4. The van der Waals surface area contributed by atoms with Crippen LogP contribution in [-0.2, 0) is 9.59 Å². The fraction of sp³-hybridized carbons (Fsp3) is 0.818. The second-order valence-corrected chi connectivity index (χ2v) is 4.14. The number of amides is 1. The highest BCUT2D eigenvalue weighted by atomic mass is 16.4. The minimum absolute atomic E-state index is 0.00204. The Balaban J connectivity index is 3.51. The molecule has 0 aliphatic carbocycles. The number of rotatable bonds is 9. The summed E-state index contributed by atoms with van der Waals surface area (Å²) in [6.45, 7) is 2.27. The number of aliphatic hydroxyl groups is 1. The van der Waals surface area contributed by atoms with Gasteiger partial charge in [-0.15, -0.1) is 0 Å². The number of carbonyl (C=O) groups excluding carboxylic acids is 1. The molecule has 0 spiro atoms. The molecule has 0 heterocycles. The Morgan fingerprint density at radius 1 is 1.29 bits per heavy atom. The van der Waals surface area contributed by atoms with E-state index in [0.29, 0.717) is 32.2 Å². The summed E-state index contributed by atoms with van der Waals surface area (Å²) in [5.41, 5.74) is 5.33. The fourth-order valence-corrected chi connectivity index (χ4v) is 1.32. The first kappa shape index (κ1) is 15.9. The van der Waals surface area contributed by atoms with Crippen molar-refractivity contribution in [1.82, 2.24) is 5.32 Å². The molecule has 2 unspecified atom stereocenters. The summed E-state index contributed by atoms with van der Waals surface area (Å²) in [5, 5.41) is 19.9. The lowest BCUT2D eigenvalue weighted by Gasteiger charge is -2.11. The van der Waals surface area contributed by atoms with Crippen LogP contribution in [0.15, 0.2) is 0 Å². The van der Waals surface area contributed by atoms with Gasteiger partial charge in [-0.2, -0.15) is 0 Å². The van der Waals surface area contributed by atoms with Crippen LogP contribution in [0.25, 0.3) is 0 Å². The first-order valence-corrected chi connectivity index (χ1v) is 5.86. The van der Waals surface area contributed by atoms with Gasteiger partial charge in [-0.3, -0.25) is 9.59 Å². The summed E-state index contributed by atoms with van der Waals surface area (Å²) in [6.07, 6.45) is 2.24. The van der Waals surface area contributed by atoms with Crippen LogP contribution in [0.3, 0.4) is 0 Å². The minimum Gasteiger partial charge on any atom is -0.480 e. The van der Waals surface area contributed by atoms with Gasteiger partial charge in [0.2, 0.25) is 5.91 Å². The van der Waals surface area contributed by atoms with E-state index < -0.39 is 12.0 Å². The van der Waals surface area contributed by atoms with Crippen molar-refractivity contribution in [2.24, 2.45) is 11.7 Å². The molecule has 0 aromatic carbocycles. The van der Waals surface area contributed by atoms with Crippen molar-refractivity contribution in [3.05, 3.63) is 0 Å². The van der Waals surface area contributed by atoms with Crippen LogP contribution < -0.4 is 11.1 Å².